The number of nitrogens with one attached hydrogen (secondary N) is 2. The third-order valence-corrected chi connectivity index (χ3v) is 7.73. The third kappa shape index (κ3) is 6.92. The van der Waals surface area contributed by atoms with Crippen molar-refractivity contribution >= 4 is 53.3 Å². The minimum Gasteiger partial charge on any atom is -0.370 e. The molecule has 3 aliphatic rings. The van der Waals surface area contributed by atoms with E-state index < -0.39 is 0 Å². The number of guanidine groups is 1. The first-order chi connectivity index (χ1) is 15.2. The van der Waals surface area contributed by atoms with E-state index in [1.54, 1.807) is 0 Å². The number of likely N-dealkylation sites (tertiary alicyclic amines) is 1. The minimum absolute atomic E-state index is 0. The van der Waals surface area contributed by atoms with Gasteiger partial charge in [0, 0.05) is 68.9 Å². The maximum Gasteiger partial charge on any atom is 0.225 e. The number of benzene rings is 1. The van der Waals surface area contributed by atoms with Crippen LogP contribution in [-0.4, -0.2) is 67.5 Å². The van der Waals surface area contributed by atoms with Crippen molar-refractivity contribution in [1.82, 2.24) is 15.5 Å². The van der Waals surface area contributed by atoms with Gasteiger partial charge in [0.2, 0.25) is 5.91 Å². The van der Waals surface area contributed by atoms with Crippen LogP contribution in [0.15, 0.2) is 29.3 Å². The summed E-state index contributed by atoms with van der Waals surface area (Å²) in [6.07, 6.45) is 6.84. The lowest BCUT2D eigenvalue weighted by Gasteiger charge is -2.28. The van der Waals surface area contributed by atoms with Crippen molar-refractivity contribution in [3.05, 3.63) is 29.8 Å². The van der Waals surface area contributed by atoms with Gasteiger partial charge in [-0.25, -0.2) is 0 Å². The van der Waals surface area contributed by atoms with Crippen LogP contribution < -0.4 is 15.5 Å². The molecule has 1 aliphatic carbocycles. The van der Waals surface area contributed by atoms with Gasteiger partial charge in [-0.05, 0) is 37.0 Å². The number of amides is 1. The number of rotatable bonds is 5. The average Bonchev–Trinajstić information content (AvgIpc) is 3.31. The molecule has 178 valence electrons. The van der Waals surface area contributed by atoms with Gasteiger partial charge in [0.05, 0.1) is 0 Å². The van der Waals surface area contributed by atoms with E-state index in [4.69, 9.17) is 0 Å². The first-order valence-electron chi connectivity index (χ1n) is 11.9. The fourth-order valence-electron chi connectivity index (χ4n) is 4.91. The molecule has 6 nitrogen and oxygen atoms in total. The molecule has 2 heterocycles. The van der Waals surface area contributed by atoms with Crippen LogP contribution >= 0.6 is 35.7 Å². The highest BCUT2D eigenvalue weighted by Gasteiger charge is 2.31. The highest BCUT2D eigenvalue weighted by molar-refractivity contribution is 14.0. The highest BCUT2D eigenvalue weighted by Crippen LogP contribution is 2.27. The second kappa shape index (κ2) is 12.9. The molecule has 0 bridgehead atoms. The van der Waals surface area contributed by atoms with Gasteiger partial charge in [0.15, 0.2) is 5.96 Å². The van der Waals surface area contributed by atoms with E-state index in [1.165, 1.54) is 42.0 Å². The molecule has 32 heavy (non-hydrogen) atoms. The smallest absolute Gasteiger partial charge is 0.225 e. The summed E-state index contributed by atoms with van der Waals surface area (Å²) in [6, 6.07) is 9.15. The molecule has 1 aromatic rings. The van der Waals surface area contributed by atoms with Gasteiger partial charge in [0.25, 0.3) is 0 Å². The Balaban J connectivity index is 0.00000289. The van der Waals surface area contributed by atoms with Crippen LogP contribution in [0.4, 0.5) is 5.69 Å². The van der Waals surface area contributed by atoms with Crippen LogP contribution in [0.2, 0.25) is 0 Å². The fraction of sp³-hybridized carbons (Fsp3) is 0.667. The molecule has 1 saturated carbocycles. The zero-order chi connectivity index (χ0) is 21.5. The molecule has 2 N–H and O–H groups in total. The Hall–Kier alpha value is -1.16. The van der Waals surface area contributed by atoms with Gasteiger partial charge >= 0.3 is 0 Å². The lowest BCUT2D eigenvalue weighted by Crippen LogP contribution is -2.45. The van der Waals surface area contributed by atoms with Crippen molar-refractivity contribution in [2.75, 3.05) is 49.6 Å². The van der Waals surface area contributed by atoms with E-state index in [0.29, 0.717) is 5.91 Å². The molecular formula is C24H38IN5OS. The van der Waals surface area contributed by atoms with Gasteiger partial charge in [0.1, 0.15) is 0 Å². The first-order valence-corrected chi connectivity index (χ1v) is 13.1. The lowest BCUT2D eigenvalue weighted by atomic mass is 9.88. The molecule has 3 fully saturated rings. The molecule has 2 saturated heterocycles. The highest BCUT2D eigenvalue weighted by atomic mass is 127. The van der Waals surface area contributed by atoms with Gasteiger partial charge in [-0.3, -0.25) is 9.79 Å². The standard InChI is InChI=1S/C24H37N5OS.HI/c1-25-24(26-17-19-7-9-22(10-8-19)28-13-15-31-16-14-28)27-21-11-12-29(18-21)23(30)20-5-3-2-4-6-20;/h7-10,20-21H,2-6,11-18H2,1H3,(H2,25,26,27);1H. The molecule has 2 aliphatic heterocycles. The van der Waals surface area contributed by atoms with Crippen molar-refractivity contribution in [3.8, 4) is 0 Å². The second-order valence-electron chi connectivity index (χ2n) is 8.94. The maximum atomic E-state index is 12.8. The number of thioether (sulfide) groups is 1. The molecule has 1 amide bonds. The number of hydrogen-bond donors (Lipinski definition) is 2. The number of carbonyl (C=O) groups excluding carboxylic acids is 1. The number of anilines is 1. The number of nitrogens with zero attached hydrogens (tertiary/aromatic N) is 3. The van der Waals surface area contributed by atoms with E-state index in [1.807, 2.05) is 18.8 Å². The van der Waals surface area contributed by atoms with Crippen molar-refractivity contribution < 1.29 is 4.79 Å². The summed E-state index contributed by atoms with van der Waals surface area (Å²) in [7, 11) is 1.81. The molecule has 1 aromatic carbocycles. The molecule has 0 spiro atoms. The second-order valence-corrected chi connectivity index (χ2v) is 10.2. The summed E-state index contributed by atoms with van der Waals surface area (Å²) in [6.45, 7) is 4.67. The molecular weight excluding hydrogens is 533 g/mol. The van der Waals surface area contributed by atoms with E-state index in [0.717, 1.165) is 57.9 Å². The summed E-state index contributed by atoms with van der Waals surface area (Å²) in [4.78, 5) is 21.7. The number of aliphatic imine (C=N–C) groups is 1. The van der Waals surface area contributed by atoms with Crippen LogP contribution in [0.3, 0.4) is 0 Å². The Bertz CT molecular complexity index is 747. The Morgan fingerprint density at radius 2 is 1.78 bits per heavy atom. The zero-order valence-corrected chi connectivity index (χ0v) is 22.4. The quantitative estimate of drug-likeness (QED) is 0.321. The Morgan fingerprint density at radius 3 is 2.47 bits per heavy atom. The van der Waals surface area contributed by atoms with E-state index in [-0.39, 0.29) is 35.9 Å². The van der Waals surface area contributed by atoms with Crippen LogP contribution in [0.25, 0.3) is 0 Å². The normalized spacial score (nSPS) is 22.4. The fourth-order valence-corrected chi connectivity index (χ4v) is 5.81. The van der Waals surface area contributed by atoms with Gasteiger partial charge in [-0.1, -0.05) is 31.4 Å². The van der Waals surface area contributed by atoms with Crippen molar-refractivity contribution in [2.24, 2.45) is 10.9 Å². The van der Waals surface area contributed by atoms with Crippen molar-refractivity contribution in [3.63, 3.8) is 0 Å². The number of carbonyl (C=O) groups is 1. The summed E-state index contributed by atoms with van der Waals surface area (Å²) in [5, 5.41) is 6.96. The summed E-state index contributed by atoms with van der Waals surface area (Å²) >= 11 is 2.04. The molecule has 4 rings (SSSR count). The van der Waals surface area contributed by atoms with Gasteiger partial charge in [-0.2, -0.15) is 11.8 Å². The Kier molecular flexibility index (Phi) is 10.3. The summed E-state index contributed by atoms with van der Waals surface area (Å²) in [5.74, 6) is 3.89. The zero-order valence-electron chi connectivity index (χ0n) is 19.2. The largest absolute Gasteiger partial charge is 0.370 e. The third-order valence-electron chi connectivity index (χ3n) is 6.79. The van der Waals surface area contributed by atoms with Crippen LogP contribution in [0.1, 0.15) is 44.1 Å². The molecule has 8 heteroatoms. The molecule has 0 aromatic heterocycles. The lowest BCUT2D eigenvalue weighted by molar-refractivity contribution is -0.135. The minimum atomic E-state index is 0. The summed E-state index contributed by atoms with van der Waals surface area (Å²) < 4.78 is 0. The topological polar surface area (TPSA) is 60.0 Å². The van der Waals surface area contributed by atoms with E-state index in [2.05, 4.69) is 49.7 Å². The molecule has 1 unspecified atom stereocenters. The van der Waals surface area contributed by atoms with E-state index >= 15 is 0 Å². The maximum absolute atomic E-state index is 12.8. The van der Waals surface area contributed by atoms with Gasteiger partial charge in [-0.15, -0.1) is 24.0 Å². The molecule has 1 atom stereocenters. The average molecular weight is 572 g/mol. The van der Waals surface area contributed by atoms with Crippen LogP contribution in [0.5, 0.6) is 0 Å². The number of hydrogen-bond acceptors (Lipinski definition) is 4. The van der Waals surface area contributed by atoms with Crippen LogP contribution in [-0.2, 0) is 11.3 Å². The first kappa shape index (κ1) is 25.5. The monoisotopic (exact) mass is 571 g/mol. The predicted molar refractivity (Wildman–Crippen MR) is 146 cm³/mol. The van der Waals surface area contributed by atoms with Gasteiger partial charge < -0.3 is 20.4 Å². The van der Waals surface area contributed by atoms with E-state index in [9.17, 15) is 4.79 Å². The van der Waals surface area contributed by atoms with Crippen molar-refractivity contribution in [1.29, 1.82) is 0 Å². The number of halogens is 1. The summed E-state index contributed by atoms with van der Waals surface area (Å²) in [5.41, 5.74) is 2.57. The Labute approximate surface area is 214 Å². The Morgan fingerprint density at radius 1 is 1.06 bits per heavy atom. The predicted octanol–water partition coefficient (Wildman–Crippen LogP) is 3.70. The molecule has 0 radical (unpaired) electrons. The van der Waals surface area contributed by atoms with Crippen LogP contribution in [0, 0.1) is 5.92 Å². The SMILES string of the molecule is CN=C(NCc1ccc(N2CCSCC2)cc1)NC1CCN(C(=O)C2CCCCC2)C1.I. The van der Waals surface area contributed by atoms with Crippen molar-refractivity contribution in [2.45, 2.75) is 51.1 Å².